The third-order valence-electron chi connectivity index (χ3n) is 3.85. The molecule has 1 saturated carbocycles. The third kappa shape index (κ3) is 3.06. The zero-order valence-corrected chi connectivity index (χ0v) is 12.1. The lowest BCUT2D eigenvalue weighted by molar-refractivity contribution is -0.136. The van der Waals surface area contributed by atoms with Gasteiger partial charge in [0.1, 0.15) is 11.6 Å². The van der Waals surface area contributed by atoms with E-state index >= 15 is 0 Å². The van der Waals surface area contributed by atoms with Crippen molar-refractivity contribution in [2.75, 3.05) is 0 Å². The van der Waals surface area contributed by atoms with Crippen molar-refractivity contribution in [3.8, 4) is 5.75 Å². The van der Waals surface area contributed by atoms with E-state index in [4.69, 9.17) is 4.74 Å². The average Bonchev–Trinajstić information content (AvgIpc) is 3.25. The van der Waals surface area contributed by atoms with Crippen molar-refractivity contribution < 1.29 is 18.7 Å². The lowest BCUT2D eigenvalue weighted by Gasteiger charge is -2.05. The summed E-state index contributed by atoms with van der Waals surface area (Å²) in [5.74, 6) is 0.0269. The highest BCUT2D eigenvalue weighted by atomic mass is 19.1. The van der Waals surface area contributed by atoms with Crippen LogP contribution < -0.4 is 4.74 Å². The van der Waals surface area contributed by atoms with Crippen molar-refractivity contribution in [2.45, 2.75) is 13.3 Å². The Balaban J connectivity index is 1.69. The van der Waals surface area contributed by atoms with Crippen LogP contribution in [0, 0.1) is 17.7 Å². The monoisotopic (exact) mass is 298 g/mol. The van der Waals surface area contributed by atoms with E-state index in [-0.39, 0.29) is 23.5 Å². The van der Waals surface area contributed by atoms with E-state index in [0.717, 1.165) is 6.42 Å². The standard InChI is InChI=1S/C18H15FO3/c1-11-10-16(11)18(21)22-15-8-4-13(5-9-15)17(20)12-2-6-14(19)7-3-12/h2-9,11,16H,10H2,1H3/t11-,16+/m1/s1. The molecule has 2 aromatic rings. The molecule has 0 bridgehead atoms. The zero-order valence-electron chi connectivity index (χ0n) is 12.1. The number of carbonyl (C=O) groups excluding carboxylic acids is 2. The van der Waals surface area contributed by atoms with Gasteiger partial charge in [-0.2, -0.15) is 0 Å². The van der Waals surface area contributed by atoms with Crippen molar-refractivity contribution >= 4 is 11.8 Å². The second-order valence-electron chi connectivity index (χ2n) is 5.60. The number of carbonyl (C=O) groups is 2. The Labute approximate surface area is 127 Å². The van der Waals surface area contributed by atoms with Crippen molar-refractivity contribution in [1.82, 2.24) is 0 Å². The number of hydrogen-bond acceptors (Lipinski definition) is 3. The number of rotatable bonds is 4. The second-order valence-corrected chi connectivity index (χ2v) is 5.60. The molecule has 2 aromatic carbocycles. The Morgan fingerprint density at radius 1 is 1.00 bits per heavy atom. The van der Waals surface area contributed by atoms with Crippen LogP contribution in [0.5, 0.6) is 5.75 Å². The molecular weight excluding hydrogens is 283 g/mol. The molecule has 0 spiro atoms. The minimum absolute atomic E-state index is 0.000485. The molecule has 0 saturated heterocycles. The fourth-order valence-corrected chi connectivity index (χ4v) is 2.28. The van der Waals surface area contributed by atoms with Gasteiger partial charge in [-0.15, -0.1) is 0 Å². The molecule has 3 rings (SSSR count). The van der Waals surface area contributed by atoms with Gasteiger partial charge in [0.05, 0.1) is 5.92 Å². The van der Waals surface area contributed by atoms with Gasteiger partial charge < -0.3 is 4.74 Å². The summed E-state index contributed by atoms with van der Waals surface area (Å²) in [6.45, 7) is 2.01. The van der Waals surface area contributed by atoms with Crippen LogP contribution in [0.1, 0.15) is 29.3 Å². The molecule has 1 aliphatic rings. The number of benzene rings is 2. The molecule has 1 aliphatic carbocycles. The molecule has 22 heavy (non-hydrogen) atoms. The van der Waals surface area contributed by atoms with Crippen LogP contribution in [0.3, 0.4) is 0 Å². The molecule has 0 heterocycles. The minimum atomic E-state index is -0.381. The third-order valence-corrected chi connectivity index (χ3v) is 3.85. The Bertz CT molecular complexity index is 704. The van der Waals surface area contributed by atoms with Crippen LogP contribution >= 0.6 is 0 Å². The maximum Gasteiger partial charge on any atom is 0.314 e. The van der Waals surface area contributed by atoms with Crippen molar-refractivity contribution in [3.05, 3.63) is 65.5 Å². The Kier molecular flexibility index (Phi) is 3.75. The minimum Gasteiger partial charge on any atom is -0.426 e. The average molecular weight is 298 g/mol. The van der Waals surface area contributed by atoms with Gasteiger partial charge in [-0.25, -0.2) is 4.39 Å². The highest BCUT2D eigenvalue weighted by Crippen LogP contribution is 2.38. The van der Waals surface area contributed by atoms with Crippen LogP contribution in [0.2, 0.25) is 0 Å². The summed E-state index contributed by atoms with van der Waals surface area (Å²) in [6.07, 6.45) is 0.875. The normalized spacial score (nSPS) is 19.5. The molecular formula is C18H15FO3. The highest BCUT2D eigenvalue weighted by molar-refractivity contribution is 6.09. The van der Waals surface area contributed by atoms with Gasteiger partial charge >= 0.3 is 5.97 Å². The van der Waals surface area contributed by atoms with Crippen molar-refractivity contribution in [1.29, 1.82) is 0 Å². The molecule has 1 fully saturated rings. The largest absolute Gasteiger partial charge is 0.426 e. The molecule has 0 aromatic heterocycles. The van der Waals surface area contributed by atoms with Gasteiger partial charge in [-0.1, -0.05) is 6.92 Å². The molecule has 112 valence electrons. The fourth-order valence-electron chi connectivity index (χ4n) is 2.28. The summed E-state index contributed by atoms with van der Waals surface area (Å²) >= 11 is 0. The molecule has 2 atom stereocenters. The van der Waals surface area contributed by atoms with Crippen molar-refractivity contribution in [3.63, 3.8) is 0 Å². The lowest BCUT2D eigenvalue weighted by Crippen LogP contribution is -2.11. The summed E-state index contributed by atoms with van der Waals surface area (Å²) in [6, 6.07) is 11.8. The zero-order chi connectivity index (χ0) is 15.7. The Hall–Kier alpha value is -2.49. The first-order valence-corrected chi connectivity index (χ1v) is 7.16. The molecule has 0 unspecified atom stereocenters. The Morgan fingerprint density at radius 3 is 2.00 bits per heavy atom. The van der Waals surface area contributed by atoms with Gasteiger partial charge in [-0.3, -0.25) is 9.59 Å². The van der Waals surface area contributed by atoms with Gasteiger partial charge in [-0.05, 0) is 60.9 Å². The molecule has 0 N–H and O–H groups in total. The summed E-state index contributed by atoms with van der Waals surface area (Å²) in [5, 5.41) is 0. The van der Waals surface area contributed by atoms with Gasteiger partial charge in [0.2, 0.25) is 0 Å². The van der Waals surface area contributed by atoms with Crippen LogP contribution in [-0.4, -0.2) is 11.8 Å². The molecule has 3 nitrogen and oxygen atoms in total. The SMILES string of the molecule is C[C@@H]1C[C@@H]1C(=O)Oc1ccc(C(=O)c2ccc(F)cc2)cc1. The summed E-state index contributed by atoms with van der Waals surface area (Å²) < 4.78 is 18.1. The summed E-state index contributed by atoms with van der Waals surface area (Å²) in [7, 11) is 0. The summed E-state index contributed by atoms with van der Waals surface area (Å²) in [4.78, 5) is 24.0. The van der Waals surface area contributed by atoms with E-state index in [1.807, 2.05) is 6.92 Å². The quantitative estimate of drug-likeness (QED) is 0.492. The number of halogens is 1. The number of esters is 1. The van der Waals surface area contributed by atoms with E-state index in [2.05, 4.69) is 0 Å². The summed E-state index contributed by atoms with van der Waals surface area (Å²) in [5.41, 5.74) is 0.879. The van der Waals surface area contributed by atoms with E-state index in [1.54, 1.807) is 24.3 Å². The van der Waals surface area contributed by atoms with Crippen LogP contribution in [-0.2, 0) is 4.79 Å². The molecule has 0 aliphatic heterocycles. The predicted octanol–water partition coefficient (Wildman–Crippen LogP) is 3.62. The maximum absolute atomic E-state index is 12.9. The van der Waals surface area contributed by atoms with Crippen molar-refractivity contribution in [2.24, 2.45) is 11.8 Å². The first-order valence-electron chi connectivity index (χ1n) is 7.16. The maximum atomic E-state index is 12.9. The van der Waals surface area contributed by atoms with Crippen LogP contribution in [0.15, 0.2) is 48.5 Å². The Morgan fingerprint density at radius 2 is 1.50 bits per heavy atom. The molecule has 4 heteroatoms. The van der Waals surface area contributed by atoms with E-state index < -0.39 is 0 Å². The van der Waals surface area contributed by atoms with Crippen LogP contribution in [0.4, 0.5) is 4.39 Å². The van der Waals surface area contributed by atoms with Crippen LogP contribution in [0.25, 0.3) is 0 Å². The van der Waals surface area contributed by atoms with Gasteiger partial charge in [0.25, 0.3) is 0 Å². The lowest BCUT2D eigenvalue weighted by atomic mass is 10.0. The van der Waals surface area contributed by atoms with E-state index in [0.29, 0.717) is 22.8 Å². The fraction of sp³-hybridized carbons (Fsp3) is 0.222. The second kappa shape index (κ2) is 5.72. The van der Waals surface area contributed by atoms with E-state index in [9.17, 15) is 14.0 Å². The molecule has 0 radical (unpaired) electrons. The topological polar surface area (TPSA) is 43.4 Å². The number of ketones is 1. The first kappa shape index (κ1) is 14.4. The highest BCUT2D eigenvalue weighted by Gasteiger charge is 2.40. The number of hydrogen-bond donors (Lipinski definition) is 0. The molecule has 0 amide bonds. The smallest absolute Gasteiger partial charge is 0.314 e. The predicted molar refractivity (Wildman–Crippen MR) is 79.2 cm³/mol. The van der Waals surface area contributed by atoms with E-state index in [1.165, 1.54) is 24.3 Å². The first-order chi connectivity index (χ1) is 10.5. The number of ether oxygens (including phenoxy) is 1. The van der Waals surface area contributed by atoms with Gasteiger partial charge in [0.15, 0.2) is 5.78 Å². The van der Waals surface area contributed by atoms with Gasteiger partial charge in [0, 0.05) is 11.1 Å².